The summed E-state index contributed by atoms with van der Waals surface area (Å²) in [5, 5.41) is 3.32. The van der Waals surface area contributed by atoms with Crippen LogP contribution in [0, 0.1) is 5.82 Å². The lowest BCUT2D eigenvalue weighted by atomic mass is 10.1. The third-order valence-corrected chi connectivity index (χ3v) is 4.85. The Morgan fingerprint density at radius 1 is 1.33 bits per heavy atom. The van der Waals surface area contributed by atoms with Gasteiger partial charge in [-0.1, -0.05) is 18.2 Å². The van der Waals surface area contributed by atoms with Crippen molar-refractivity contribution in [2.24, 2.45) is 0 Å². The van der Waals surface area contributed by atoms with Crippen molar-refractivity contribution in [1.29, 1.82) is 0 Å². The van der Waals surface area contributed by atoms with Gasteiger partial charge in [0.1, 0.15) is 18.2 Å². The second kappa shape index (κ2) is 6.16. The van der Waals surface area contributed by atoms with Gasteiger partial charge < -0.3 is 10.1 Å². The van der Waals surface area contributed by atoms with Crippen LogP contribution in [0.1, 0.15) is 29.2 Å². The van der Waals surface area contributed by atoms with Crippen LogP contribution in [0.3, 0.4) is 0 Å². The molecule has 2 aromatic rings. The summed E-state index contributed by atoms with van der Waals surface area (Å²) < 4.78 is 19.7. The largest absolute Gasteiger partial charge is 0.489 e. The summed E-state index contributed by atoms with van der Waals surface area (Å²) in [7, 11) is 1.99. The summed E-state index contributed by atoms with van der Waals surface area (Å²) in [4.78, 5) is 0. The molecule has 1 unspecified atom stereocenters. The van der Waals surface area contributed by atoms with Crippen LogP contribution in [-0.4, -0.2) is 7.05 Å². The van der Waals surface area contributed by atoms with Crippen LogP contribution in [0.2, 0.25) is 0 Å². The molecule has 3 rings (SSSR count). The van der Waals surface area contributed by atoms with E-state index in [4.69, 9.17) is 4.74 Å². The quantitative estimate of drug-likeness (QED) is 0.884. The van der Waals surface area contributed by atoms with Crippen molar-refractivity contribution in [2.45, 2.75) is 25.5 Å². The SMILES string of the molecule is CNC1CCc2cc(OCc3cccc(F)c3Br)ccc21. The Balaban J connectivity index is 1.73. The molecule has 110 valence electrons. The Morgan fingerprint density at radius 3 is 3.00 bits per heavy atom. The second-order valence-electron chi connectivity index (χ2n) is 5.24. The van der Waals surface area contributed by atoms with Gasteiger partial charge in [-0.15, -0.1) is 0 Å². The number of ether oxygens (including phenoxy) is 1. The Labute approximate surface area is 132 Å². The first kappa shape index (κ1) is 14.5. The Kier molecular flexibility index (Phi) is 4.27. The van der Waals surface area contributed by atoms with Crippen molar-refractivity contribution in [3.05, 3.63) is 63.4 Å². The van der Waals surface area contributed by atoms with E-state index in [0.29, 0.717) is 17.1 Å². The Hall–Kier alpha value is -1.39. The lowest BCUT2D eigenvalue weighted by molar-refractivity contribution is 0.304. The number of hydrogen-bond donors (Lipinski definition) is 1. The molecule has 1 aliphatic carbocycles. The van der Waals surface area contributed by atoms with Crippen LogP contribution in [0.5, 0.6) is 5.75 Å². The van der Waals surface area contributed by atoms with Crippen molar-refractivity contribution in [2.75, 3.05) is 7.05 Å². The predicted molar refractivity (Wildman–Crippen MR) is 85.0 cm³/mol. The minimum Gasteiger partial charge on any atom is -0.489 e. The number of halogens is 2. The Bertz CT molecular complexity index is 659. The van der Waals surface area contributed by atoms with Crippen molar-refractivity contribution < 1.29 is 9.13 Å². The maximum Gasteiger partial charge on any atom is 0.137 e. The summed E-state index contributed by atoms with van der Waals surface area (Å²) in [6.07, 6.45) is 2.20. The molecule has 0 spiro atoms. The molecule has 0 aromatic heterocycles. The number of rotatable bonds is 4. The molecule has 1 N–H and O–H groups in total. The van der Waals surface area contributed by atoms with E-state index < -0.39 is 0 Å². The van der Waals surface area contributed by atoms with Gasteiger partial charge in [-0.05, 0) is 65.1 Å². The zero-order valence-corrected chi connectivity index (χ0v) is 13.4. The van der Waals surface area contributed by atoms with Gasteiger partial charge in [0.2, 0.25) is 0 Å². The van der Waals surface area contributed by atoms with Crippen LogP contribution >= 0.6 is 15.9 Å². The van der Waals surface area contributed by atoms with Gasteiger partial charge in [-0.2, -0.15) is 0 Å². The highest BCUT2D eigenvalue weighted by molar-refractivity contribution is 9.10. The maximum absolute atomic E-state index is 13.5. The molecule has 2 aromatic carbocycles. The van der Waals surface area contributed by atoms with Crippen molar-refractivity contribution in [3.8, 4) is 5.75 Å². The molecule has 0 radical (unpaired) electrons. The molecular formula is C17H17BrFNO. The van der Waals surface area contributed by atoms with Crippen LogP contribution in [0.15, 0.2) is 40.9 Å². The average Bonchev–Trinajstić information content (AvgIpc) is 2.91. The van der Waals surface area contributed by atoms with E-state index in [1.54, 1.807) is 6.07 Å². The van der Waals surface area contributed by atoms with E-state index in [1.165, 1.54) is 17.2 Å². The van der Waals surface area contributed by atoms with E-state index in [-0.39, 0.29) is 5.82 Å². The maximum atomic E-state index is 13.5. The van der Waals surface area contributed by atoms with E-state index in [9.17, 15) is 4.39 Å². The highest BCUT2D eigenvalue weighted by Crippen LogP contribution is 2.33. The average molecular weight is 350 g/mol. The van der Waals surface area contributed by atoms with Crippen LogP contribution < -0.4 is 10.1 Å². The fourth-order valence-electron chi connectivity index (χ4n) is 2.80. The van der Waals surface area contributed by atoms with E-state index in [0.717, 1.165) is 24.2 Å². The van der Waals surface area contributed by atoms with Gasteiger partial charge in [0.05, 0.1) is 4.47 Å². The molecule has 1 atom stereocenters. The minimum atomic E-state index is -0.262. The summed E-state index contributed by atoms with van der Waals surface area (Å²) in [5.41, 5.74) is 3.51. The standard InChI is InChI=1S/C17H17BrFNO/c1-20-16-8-5-11-9-13(6-7-14(11)16)21-10-12-3-2-4-15(19)17(12)18/h2-4,6-7,9,16,20H,5,8,10H2,1H3. The molecule has 0 aliphatic heterocycles. The minimum absolute atomic E-state index is 0.262. The molecule has 2 nitrogen and oxygen atoms in total. The molecule has 0 fully saturated rings. The van der Waals surface area contributed by atoms with Gasteiger partial charge in [0.25, 0.3) is 0 Å². The summed E-state index contributed by atoms with van der Waals surface area (Å²) in [6.45, 7) is 0.354. The lowest BCUT2D eigenvalue weighted by Crippen LogP contribution is -2.12. The van der Waals surface area contributed by atoms with Gasteiger partial charge in [0, 0.05) is 11.6 Å². The summed E-state index contributed by atoms with van der Waals surface area (Å²) in [6, 6.07) is 11.6. The molecule has 0 amide bonds. The Morgan fingerprint density at radius 2 is 2.19 bits per heavy atom. The smallest absolute Gasteiger partial charge is 0.137 e. The highest BCUT2D eigenvalue weighted by atomic mass is 79.9. The van der Waals surface area contributed by atoms with Gasteiger partial charge in [0.15, 0.2) is 0 Å². The monoisotopic (exact) mass is 349 g/mol. The van der Waals surface area contributed by atoms with Crippen molar-refractivity contribution in [1.82, 2.24) is 5.32 Å². The first-order valence-electron chi connectivity index (χ1n) is 7.05. The second-order valence-corrected chi connectivity index (χ2v) is 6.04. The number of hydrogen-bond acceptors (Lipinski definition) is 2. The molecule has 0 saturated carbocycles. The van der Waals surface area contributed by atoms with Gasteiger partial charge >= 0.3 is 0 Å². The van der Waals surface area contributed by atoms with E-state index in [2.05, 4.69) is 33.4 Å². The molecule has 1 aliphatic rings. The topological polar surface area (TPSA) is 21.3 Å². The fourth-order valence-corrected chi connectivity index (χ4v) is 3.18. The number of benzene rings is 2. The lowest BCUT2D eigenvalue weighted by Gasteiger charge is -2.12. The van der Waals surface area contributed by atoms with Gasteiger partial charge in [-0.25, -0.2) is 4.39 Å². The van der Waals surface area contributed by atoms with Crippen molar-refractivity contribution >= 4 is 15.9 Å². The van der Waals surface area contributed by atoms with Crippen LogP contribution in [0.25, 0.3) is 0 Å². The van der Waals surface area contributed by atoms with Crippen LogP contribution in [-0.2, 0) is 13.0 Å². The first-order valence-corrected chi connectivity index (χ1v) is 7.84. The molecule has 0 heterocycles. The third kappa shape index (κ3) is 2.97. The van der Waals surface area contributed by atoms with Gasteiger partial charge in [-0.3, -0.25) is 0 Å². The molecule has 0 bridgehead atoms. The highest BCUT2D eigenvalue weighted by Gasteiger charge is 2.21. The molecule has 0 saturated heterocycles. The molecule has 4 heteroatoms. The number of fused-ring (bicyclic) bond motifs is 1. The van der Waals surface area contributed by atoms with E-state index >= 15 is 0 Å². The fraction of sp³-hybridized carbons (Fsp3) is 0.294. The summed E-state index contributed by atoms with van der Waals surface area (Å²) >= 11 is 3.26. The zero-order valence-electron chi connectivity index (χ0n) is 11.8. The molecule has 21 heavy (non-hydrogen) atoms. The third-order valence-electron chi connectivity index (χ3n) is 3.97. The summed E-state index contributed by atoms with van der Waals surface area (Å²) in [5.74, 6) is 0.573. The normalized spacial score (nSPS) is 16.8. The number of aryl methyl sites for hydroxylation is 1. The molecular weight excluding hydrogens is 333 g/mol. The zero-order chi connectivity index (χ0) is 14.8. The van der Waals surface area contributed by atoms with E-state index in [1.807, 2.05) is 19.2 Å². The van der Waals surface area contributed by atoms with Crippen LogP contribution in [0.4, 0.5) is 4.39 Å². The van der Waals surface area contributed by atoms with Crippen molar-refractivity contribution in [3.63, 3.8) is 0 Å². The first-order chi connectivity index (χ1) is 10.2. The number of nitrogens with one attached hydrogen (secondary N) is 1. The predicted octanol–water partition coefficient (Wildman–Crippen LogP) is 4.37.